The van der Waals surface area contributed by atoms with Crippen LogP contribution in [0.15, 0.2) is 206 Å². The predicted molar refractivity (Wildman–Crippen MR) is 241 cm³/mol. The van der Waals surface area contributed by atoms with Crippen molar-refractivity contribution in [2.24, 2.45) is 0 Å². The molecule has 1 aromatic heterocycles. The molecule has 0 atom stereocenters. The summed E-state index contributed by atoms with van der Waals surface area (Å²) in [5, 5.41) is 5.14. The van der Waals surface area contributed by atoms with Crippen LogP contribution in [0.3, 0.4) is 0 Å². The number of para-hydroxylation sites is 1. The molecule has 1 heterocycles. The number of aromatic nitrogens is 1. The van der Waals surface area contributed by atoms with Crippen molar-refractivity contribution < 1.29 is 0 Å². The summed E-state index contributed by atoms with van der Waals surface area (Å²) in [6, 6.07) is 75.5. The smallest absolute Gasteiger partial charge is 0.0547 e. The van der Waals surface area contributed by atoms with Crippen molar-refractivity contribution in [3.05, 3.63) is 217 Å². The summed E-state index contributed by atoms with van der Waals surface area (Å²) >= 11 is 0. The molecule has 0 saturated heterocycles. The fraction of sp³-hybridized carbons (Fsp3) is 0.0545. The summed E-state index contributed by atoms with van der Waals surface area (Å²) in [5.41, 5.74) is 17.0. The number of benzene rings is 9. The van der Waals surface area contributed by atoms with Crippen LogP contribution in [0.2, 0.25) is 0 Å². The van der Waals surface area contributed by atoms with Crippen LogP contribution in [0.5, 0.6) is 0 Å². The van der Waals surface area contributed by atoms with Gasteiger partial charge in [0.2, 0.25) is 0 Å². The van der Waals surface area contributed by atoms with Gasteiger partial charge in [-0.2, -0.15) is 0 Å². The Balaban J connectivity index is 1.08. The van der Waals surface area contributed by atoms with Gasteiger partial charge in [0.1, 0.15) is 0 Å². The molecule has 270 valence electrons. The summed E-state index contributed by atoms with van der Waals surface area (Å²) in [5.74, 6) is 0. The lowest BCUT2D eigenvalue weighted by Gasteiger charge is -2.28. The normalized spacial score (nSPS) is 12.9. The lowest BCUT2D eigenvalue weighted by Crippen LogP contribution is -2.16. The average Bonchev–Trinajstić information content (AvgIpc) is 3.73. The second kappa shape index (κ2) is 13.0. The van der Waals surface area contributed by atoms with Crippen molar-refractivity contribution in [2.75, 3.05) is 4.90 Å². The van der Waals surface area contributed by atoms with Gasteiger partial charge in [-0.05, 0) is 104 Å². The maximum atomic E-state index is 2.50. The molecule has 2 heteroatoms. The van der Waals surface area contributed by atoms with Crippen LogP contribution in [0.1, 0.15) is 25.0 Å². The summed E-state index contributed by atoms with van der Waals surface area (Å²) in [4.78, 5) is 2.40. The zero-order valence-electron chi connectivity index (χ0n) is 32.0. The molecule has 1 aliphatic carbocycles. The largest absolute Gasteiger partial charge is 0.310 e. The van der Waals surface area contributed by atoms with Crippen molar-refractivity contribution in [2.45, 2.75) is 19.3 Å². The standard InChI is InChI=1S/C55H40N2/c1-55(2)48-21-13-23-51(57-50-22-12-11-20-47(50)53-45-19-10-9-18-41(45)28-35-52(53)57)54(48)46-34-33-44(36-49(46)55)56(42-29-24-39(25-30-42)37-14-5-3-6-15-37)43-31-26-40(27-32-43)38-16-7-4-8-17-38/h3-36H,1-2H3. The van der Waals surface area contributed by atoms with Crippen LogP contribution in [0.25, 0.3) is 71.6 Å². The first-order chi connectivity index (χ1) is 28.0. The van der Waals surface area contributed by atoms with E-state index in [1.165, 1.54) is 82.8 Å². The first-order valence-corrected chi connectivity index (χ1v) is 19.9. The van der Waals surface area contributed by atoms with E-state index in [9.17, 15) is 0 Å². The van der Waals surface area contributed by atoms with E-state index in [1.54, 1.807) is 0 Å². The Labute approximate surface area is 333 Å². The molecule has 57 heavy (non-hydrogen) atoms. The fourth-order valence-corrected chi connectivity index (χ4v) is 9.39. The minimum absolute atomic E-state index is 0.220. The summed E-state index contributed by atoms with van der Waals surface area (Å²) < 4.78 is 2.50. The van der Waals surface area contributed by atoms with Gasteiger partial charge < -0.3 is 9.47 Å². The molecule has 0 fully saturated rings. The van der Waals surface area contributed by atoms with E-state index < -0.39 is 0 Å². The molecule has 0 aliphatic heterocycles. The molecule has 0 spiro atoms. The Morgan fingerprint density at radius 3 is 1.63 bits per heavy atom. The van der Waals surface area contributed by atoms with E-state index in [0.29, 0.717) is 0 Å². The molecule has 2 nitrogen and oxygen atoms in total. The Hall–Kier alpha value is -7.16. The Morgan fingerprint density at radius 2 is 0.965 bits per heavy atom. The van der Waals surface area contributed by atoms with Gasteiger partial charge in [-0.15, -0.1) is 0 Å². The zero-order valence-corrected chi connectivity index (χ0v) is 32.0. The monoisotopic (exact) mass is 728 g/mol. The van der Waals surface area contributed by atoms with Crippen LogP contribution in [-0.2, 0) is 5.41 Å². The number of rotatable bonds is 6. The molecular weight excluding hydrogens is 689 g/mol. The lowest BCUT2D eigenvalue weighted by molar-refractivity contribution is 0.660. The van der Waals surface area contributed by atoms with Crippen LogP contribution < -0.4 is 4.90 Å². The highest BCUT2D eigenvalue weighted by atomic mass is 15.1. The molecule has 0 N–H and O–H groups in total. The molecule has 0 radical (unpaired) electrons. The van der Waals surface area contributed by atoms with E-state index in [-0.39, 0.29) is 5.41 Å². The van der Waals surface area contributed by atoms with Gasteiger partial charge in [0.25, 0.3) is 0 Å². The van der Waals surface area contributed by atoms with E-state index in [4.69, 9.17) is 0 Å². The zero-order chi connectivity index (χ0) is 38.1. The van der Waals surface area contributed by atoms with Crippen molar-refractivity contribution >= 4 is 49.6 Å². The molecule has 1 aliphatic rings. The molecular formula is C55H40N2. The fourth-order valence-electron chi connectivity index (χ4n) is 9.39. The van der Waals surface area contributed by atoms with E-state index in [0.717, 1.165) is 17.1 Å². The van der Waals surface area contributed by atoms with E-state index in [1.807, 2.05) is 0 Å². The van der Waals surface area contributed by atoms with Gasteiger partial charge in [0, 0.05) is 38.8 Å². The number of fused-ring (bicyclic) bond motifs is 8. The molecule has 11 rings (SSSR count). The van der Waals surface area contributed by atoms with Crippen molar-refractivity contribution in [3.8, 4) is 39.1 Å². The maximum Gasteiger partial charge on any atom is 0.0547 e. The number of anilines is 3. The average molecular weight is 729 g/mol. The Kier molecular flexibility index (Phi) is 7.55. The molecule has 0 bridgehead atoms. The molecule has 9 aromatic carbocycles. The quantitative estimate of drug-likeness (QED) is 0.165. The number of hydrogen-bond donors (Lipinski definition) is 0. The highest BCUT2D eigenvalue weighted by Gasteiger charge is 2.38. The molecule has 0 amide bonds. The number of hydrogen-bond acceptors (Lipinski definition) is 1. The SMILES string of the molecule is CC1(C)c2cc(N(c3ccc(-c4ccccc4)cc3)c3ccc(-c4ccccc4)cc3)ccc2-c2c(-n3c4ccccc4c4c5ccccc5ccc43)cccc21. The van der Waals surface area contributed by atoms with Crippen LogP contribution in [0, 0.1) is 0 Å². The van der Waals surface area contributed by atoms with Gasteiger partial charge in [0.05, 0.1) is 16.7 Å². The van der Waals surface area contributed by atoms with Gasteiger partial charge in [0.15, 0.2) is 0 Å². The summed E-state index contributed by atoms with van der Waals surface area (Å²) in [6.07, 6.45) is 0. The highest BCUT2D eigenvalue weighted by molar-refractivity contribution is 6.21. The lowest BCUT2D eigenvalue weighted by atomic mass is 9.82. The Morgan fingerprint density at radius 1 is 0.404 bits per heavy atom. The summed E-state index contributed by atoms with van der Waals surface area (Å²) in [6.45, 7) is 4.77. The maximum absolute atomic E-state index is 2.50. The van der Waals surface area contributed by atoms with E-state index in [2.05, 4.69) is 230 Å². The first-order valence-electron chi connectivity index (χ1n) is 19.9. The third-order valence-corrected chi connectivity index (χ3v) is 12.2. The third kappa shape index (κ3) is 5.25. The Bertz CT molecular complexity index is 3030. The molecule has 0 saturated carbocycles. The van der Waals surface area contributed by atoms with Gasteiger partial charge in [-0.3, -0.25) is 0 Å². The predicted octanol–water partition coefficient (Wildman–Crippen LogP) is 15.0. The van der Waals surface area contributed by atoms with Gasteiger partial charge in [-0.1, -0.05) is 166 Å². The van der Waals surface area contributed by atoms with Crippen LogP contribution in [-0.4, -0.2) is 4.57 Å². The molecule has 0 unspecified atom stereocenters. The van der Waals surface area contributed by atoms with Crippen LogP contribution in [0.4, 0.5) is 17.1 Å². The summed E-state index contributed by atoms with van der Waals surface area (Å²) in [7, 11) is 0. The topological polar surface area (TPSA) is 8.17 Å². The second-order valence-electron chi connectivity index (χ2n) is 15.7. The van der Waals surface area contributed by atoms with Gasteiger partial charge in [-0.25, -0.2) is 0 Å². The van der Waals surface area contributed by atoms with Crippen LogP contribution >= 0.6 is 0 Å². The molecule has 10 aromatic rings. The van der Waals surface area contributed by atoms with Crippen molar-refractivity contribution in [1.82, 2.24) is 4.57 Å². The van der Waals surface area contributed by atoms with Crippen molar-refractivity contribution in [1.29, 1.82) is 0 Å². The number of nitrogens with zero attached hydrogens (tertiary/aromatic N) is 2. The third-order valence-electron chi connectivity index (χ3n) is 12.2. The van der Waals surface area contributed by atoms with Crippen molar-refractivity contribution in [3.63, 3.8) is 0 Å². The van der Waals surface area contributed by atoms with E-state index >= 15 is 0 Å². The highest BCUT2D eigenvalue weighted by Crippen LogP contribution is 2.53. The minimum atomic E-state index is -0.220. The van der Waals surface area contributed by atoms with Gasteiger partial charge >= 0.3 is 0 Å². The minimum Gasteiger partial charge on any atom is -0.310 e. The second-order valence-corrected chi connectivity index (χ2v) is 15.7. The first kappa shape index (κ1) is 33.2.